The van der Waals surface area contributed by atoms with Crippen LogP contribution >= 0.6 is 0 Å². The van der Waals surface area contributed by atoms with Crippen molar-refractivity contribution in [2.24, 2.45) is 11.7 Å². The number of piperidine rings is 1. The Labute approximate surface area is 117 Å². The lowest BCUT2D eigenvalue weighted by atomic mass is 9.90. The van der Waals surface area contributed by atoms with Gasteiger partial charge >= 0.3 is 0 Å². The van der Waals surface area contributed by atoms with Gasteiger partial charge in [0.15, 0.2) is 0 Å². The highest BCUT2D eigenvalue weighted by atomic mass is 15.2. The van der Waals surface area contributed by atoms with Crippen LogP contribution in [0.2, 0.25) is 0 Å². The van der Waals surface area contributed by atoms with E-state index in [4.69, 9.17) is 10.7 Å². The zero-order valence-corrected chi connectivity index (χ0v) is 12.7. The first-order valence-electron chi connectivity index (χ1n) is 7.36. The molecular formula is C16H27N3. The van der Waals surface area contributed by atoms with Gasteiger partial charge in [-0.2, -0.15) is 0 Å². The third kappa shape index (κ3) is 3.47. The number of pyridine rings is 1. The van der Waals surface area contributed by atoms with Crippen molar-refractivity contribution in [3.05, 3.63) is 23.4 Å². The number of hydrogen-bond donors (Lipinski definition) is 1. The lowest BCUT2D eigenvalue weighted by Crippen LogP contribution is -2.35. The average molecular weight is 261 g/mol. The van der Waals surface area contributed by atoms with Crippen molar-refractivity contribution >= 4 is 5.82 Å². The largest absolute Gasteiger partial charge is 0.356 e. The van der Waals surface area contributed by atoms with Gasteiger partial charge in [0.1, 0.15) is 5.82 Å². The molecule has 0 bridgehead atoms. The van der Waals surface area contributed by atoms with Gasteiger partial charge in [-0.25, -0.2) is 4.98 Å². The summed E-state index contributed by atoms with van der Waals surface area (Å²) in [5, 5.41) is 0. The third-order valence-electron chi connectivity index (χ3n) is 3.86. The molecule has 1 aromatic rings. The molecule has 1 atom stereocenters. The lowest BCUT2D eigenvalue weighted by Gasteiger charge is -2.33. The minimum atomic E-state index is 0.0708. The lowest BCUT2D eigenvalue weighted by molar-refractivity contribution is 0.443. The van der Waals surface area contributed by atoms with Crippen LogP contribution in [0.5, 0.6) is 0 Å². The first-order chi connectivity index (χ1) is 8.90. The van der Waals surface area contributed by atoms with Crippen molar-refractivity contribution in [3.8, 4) is 0 Å². The van der Waals surface area contributed by atoms with Gasteiger partial charge in [0.05, 0.1) is 0 Å². The van der Waals surface area contributed by atoms with E-state index in [0.717, 1.165) is 30.5 Å². The van der Waals surface area contributed by atoms with Gasteiger partial charge in [-0.05, 0) is 36.5 Å². The van der Waals surface area contributed by atoms with Crippen LogP contribution in [0.1, 0.15) is 51.8 Å². The minimum absolute atomic E-state index is 0.0708. The molecule has 3 nitrogen and oxygen atoms in total. The summed E-state index contributed by atoms with van der Waals surface area (Å²) in [7, 11) is 0. The molecule has 1 unspecified atom stereocenters. The van der Waals surface area contributed by atoms with Gasteiger partial charge in [-0.1, -0.05) is 27.7 Å². The van der Waals surface area contributed by atoms with Crippen LogP contribution in [-0.2, 0) is 12.0 Å². The van der Waals surface area contributed by atoms with E-state index in [1.54, 1.807) is 0 Å². The van der Waals surface area contributed by atoms with E-state index in [1.807, 2.05) is 0 Å². The molecular weight excluding hydrogens is 234 g/mol. The molecule has 1 aromatic heterocycles. The second-order valence-corrected chi connectivity index (χ2v) is 6.87. The summed E-state index contributed by atoms with van der Waals surface area (Å²) in [6.45, 7) is 11.8. The van der Waals surface area contributed by atoms with Crippen LogP contribution in [0.15, 0.2) is 12.1 Å². The van der Waals surface area contributed by atoms with Crippen LogP contribution < -0.4 is 10.6 Å². The second kappa shape index (κ2) is 5.49. The predicted molar refractivity (Wildman–Crippen MR) is 81.4 cm³/mol. The summed E-state index contributed by atoms with van der Waals surface area (Å²) in [6, 6.07) is 4.31. The monoisotopic (exact) mass is 261 g/mol. The molecule has 0 spiro atoms. The van der Waals surface area contributed by atoms with Gasteiger partial charge in [0.2, 0.25) is 0 Å². The number of hydrogen-bond acceptors (Lipinski definition) is 3. The molecule has 19 heavy (non-hydrogen) atoms. The Balaban J connectivity index is 2.34. The molecule has 0 saturated carbocycles. The smallest absolute Gasteiger partial charge is 0.129 e. The van der Waals surface area contributed by atoms with E-state index >= 15 is 0 Å². The fourth-order valence-electron chi connectivity index (χ4n) is 2.63. The van der Waals surface area contributed by atoms with Crippen LogP contribution in [0.4, 0.5) is 5.82 Å². The Hall–Kier alpha value is -1.09. The Morgan fingerprint density at radius 2 is 2.11 bits per heavy atom. The summed E-state index contributed by atoms with van der Waals surface area (Å²) in [5.41, 5.74) is 8.24. The van der Waals surface area contributed by atoms with Crippen molar-refractivity contribution in [1.82, 2.24) is 4.98 Å². The molecule has 1 aliphatic rings. The van der Waals surface area contributed by atoms with Crippen molar-refractivity contribution in [2.45, 2.75) is 52.5 Å². The van der Waals surface area contributed by atoms with Gasteiger partial charge in [0.25, 0.3) is 0 Å². The summed E-state index contributed by atoms with van der Waals surface area (Å²) in [5.74, 6) is 1.87. The van der Waals surface area contributed by atoms with Crippen LogP contribution in [0.3, 0.4) is 0 Å². The normalized spacial score (nSPS) is 20.7. The quantitative estimate of drug-likeness (QED) is 0.889. The molecule has 3 heteroatoms. The van der Waals surface area contributed by atoms with Crippen molar-refractivity contribution in [3.63, 3.8) is 0 Å². The average Bonchev–Trinajstić information content (AvgIpc) is 2.37. The first kappa shape index (κ1) is 14.3. The molecule has 1 aliphatic heterocycles. The maximum Gasteiger partial charge on any atom is 0.129 e. The zero-order valence-electron chi connectivity index (χ0n) is 12.7. The minimum Gasteiger partial charge on any atom is -0.356 e. The summed E-state index contributed by atoms with van der Waals surface area (Å²) in [4.78, 5) is 7.30. The topological polar surface area (TPSA) is 42.1 Å². The van der Waals surface area contributed by atoms with Gasteiger partial charge in [0, 0.05) is 30.7 Å². The Bertz CT molecular complexity index is 434. The van der Waals surface area contributed by atoms with E-state index in [0.29, 0.717) is 6.54 Å². The summed E-state index contributed by atoms with van der Waals surface area (Å²) >= 11 is 0. The fraction of sp³-hybridized carbons (Fsp3) is 0.688. The van der Waals surface area contributed by atoms with Gasteiger partial charge < -0.3 is 10.6 Å². The molecule has 1 fully saturated rings. The first-order valence-corrected chi connectivity index (χ1v) is 7.36. The molecule has 1 saturated heterocycles. The highest BCUT2D eigenvalue weighted by Gasteiger charge is 2.21. The maximum absolute atomic E-state index is 5.84. The highest BCUT2D eigenvalue weighted by molar-refractivity contribution is 5.44. The standard InChI is InChI=1S/C16H27N3/c1-12-6-5-7-19(11-12)15-9-13(10-17)8-14(18-15)16(2,3)4/h8-9,12H,5-7,10-11,17H2,1-4H3. The number of anilines is 1. The molecule has 2 heterocycles. The molecule has 0 aliphatic carbocycles. The molecule has 106 valence electrons. The molecule has 2 rings (SSSR count). The molecule has 2 N–H and O–H groups in total. The number of nitrogens with zero attached hydrogens (tertiary/aromatic N) is 2. The van der Waals surface area contributed by atoms with E-state index in [1.165, 1.54) is 18.4 Å². The SMILES string of the molecule is CC1CCCN(c2cc(CN)cc(C(C)(C)C)n2)C1. The summed E-state index contributed by atoms with van der Waals surface area (Å²) < 4.78 is 0. The van der Waals surface area contributed by atoms with Crippen molar-refractivity contribution < 1.29 is 0 Å². The molecule has 0 radical (unpaired) electrons. The third-order valence-corrected chi connectivity index (χ3v) is 3.86. The van der Waals surface area contributed by atoms with E-state index in [-0.39, 0.29) is 5.41 Å². The number of rotatable bonds is 2. The Morgan fingerprint density at radius 3 is 2.68 bits per heavy atom. The van der Waals surface area contributed by atoms with Gasteiger partial charge in [-0.3, -0.25) is 0 Å². The van der Waals surface area contributed by atoms with Crippen molar-refractivity contribution in [2.75, 3.05) is 18.0 Å². The Morgan fingerprint density at radius 1 is 1.37 bits per heavy atom. The second-order valence-electron chi connectivity index (χ2n) is 6.87. The Kier molecular flexibility index (Phi) is 4.14. The van der Waals surface area contributed by atoms with E-state index < -0.39 is 0 Å². The van der Waals surface area contributed by atoms with E-state index in [9.17, 15) is 0 Å². The molecule has 0 aromatic carbocycles. The van der Waals surface area contributed by atoms with E-state index in [2.05, 4.69) is 44.7 Å². The zero-order chi connectivity index (χ0) is 14.0. The number of nitrogens with two attached hydrogens (primary N) is 1. The van der Waals surface area contributed by atoms with Crippen LogP contribution in [0.25, 0.3) is 0 Å². The molecule has 0 amide bonds. The van der Waals surface area contributed by atoms with Crippen LogP contribution in [-0.4, -0.2) is 18.1 Å². The van der Waals surface area contributed by atoms with Crippen LogP contribution in [0, 0.1) is 5.92 Å². The number of aromatic nitrogens is 1. The highest BCUT2D eigenvalue weighted by Crippen LogP contribution is 2.27. The summed E-state index contributed by atoms with van der Waals surface area (Å²) in [6.07, 6.45) is 2.60. The fourth-order valence-corrected chi connectivity index (χ4v) is 2.63. The maximum atomic E-state index is 5.84. The predicted octanol–water partition coefficient (Wildman–Crippen LogP) is 3.07. The van der Waals surface area contributed by atoms with Gasteiger partial charge in [-0.15, -0.1) is 0 Å². The van der Waals surface area contributed by atoms with Crippen molar-refractivity contribution in [1.29, 1.82) is 0 Å².